The molecule has 1 rings (SSSR count). The van der Waals surface area contributed by atoms with E-state index in [0.717, 1.165) is 0 Å². The smallest absolute Gasteiger partial charge is 0.0742 e. The molecule has 2 heteroatoms. The van der Waals surface area contributed by atoms with Gasteiger partial charge in [-0.15, -0.1) is 0 Å². The van der Waals surface area contributed by atoms with Crippen molar-refractivity contribution < 1.29 is 0 Å². The molecule has 21 heavy (non-hydrogen) atoms. The lowest BCUT2D eigenvalue weighted by Crippen LogP contribution is -2.60. The quantitative estimate of drug-likeness (QED) is 0.601. The Bertz CT molecular complexity index is 284. The van der Waals surface area contributed by atoms with E-state index in [-0.39, 0.29) is 5.66 Å². The first-order valence-corrected chi connectivity index (χ1v) is 9.56. The molecule has 0 N–H and O–H groups in total. The maximum absolute atomic E-state index is 2.90. The Kier molecular flexibility index (Phi) is 6.32. The van der Waals surface area contributed by atoms with Crippen molar-refractivity contribution in [2.75, 3.05) is 13.1 Å². The van der Waals surface area contributed by atoms with E-state index < -0.39 is 0 Å². The molecule has 1 heterocycles. The first-order chi connectivity index (χ1) is 10.00. The van der Waals surface area contributed by atoms with Crippen molar-refractivity contribution in [3.8, 4) is 0 Å². The number of hydrogen-bond donors (Lipinski definition) is 0. The van der Waals surface area contributed by atoms with E-state index >= 15 is 0 Å². The molecule has 1 aliphatic rings. The van der Waals surface area contributed by atoms with E-state index in [1.54, 1.807) is 0 Å². The molecule has 0 bridgehead atoms. The maximum Gasteiger partial charge on any atom is 0.0742 e. The summed E-state index contributed by atoms with van der Waals surface area (Å²) in [7, 11) is 0. The molecule has 0 unspecified atom stereocenters. The molecule has 0 aliphatic carbocycles. The van der Waals surface area contributed by atoms with Gasteiger partial charge >= 0.3 is 0 Å². The number of hydrogen-bond acceptors (Lipinski definition) is 2. The van der Waals surface area contributed by atoms with Crippen molar-refractivity contribution in [1.29, 1.82) is 0 Å². The number of rotatable bonds is 8. The fourth-order valence-corrected chi connectivity index (χ4v) is 6.23. The third kappa shape index (κ3) is 2.12. The van der Waals surface area contributed by atoms with Gasteiger partial charge in [0.1, 0.15) is 0 Å². The molecule has 0 spiro atoms. The SMILES string of the molecule is CCN1C(CC)(CC)N(CC)C(CC)(CC)C1(CC)CC. The fraction of sp³-hybridized carbons (Fsp3) is 1.00. The largest absolute Gasteiger partial charge is 0.278 e. The standard InChI is InChI=1S/C19H40N2/c1-9-17(10-2)18(11-3,12-4)21(16-8)19(13-5,14-6)20(17)15-7/h9-16H2,1-8H3. The summed E-state index contributed by atoms with van der Waals surface area (Å²) in [5, 5.41) is 0. The predicted octanol–water partition coefficient (Wildman–Crippen LogP) is 5.28. The summed E-state index contributed by atoms with van der Waals surface area (Å²) >= 11 is 0. The van der Waals surface area contributed by atoms with Crippen LogP contribution in [0.3, 0.4) is 0 Å². The van der Waals surface area contributed by atoms with Crippen LogP contribution >= 0.6 is 0 Å². The molecule has 126 valence electrons. The average molecular weight is 297 g/mol. The molecule has 0 radical (unpaired) electrons. The molecule has 0 aromatic rings. The first-order valence-electron chi connectivity index (χ1n) is 9.56. The molecule has 1 fully saturated rings. The van der Waals surface area contributed by atoms with Crippen LogP contribution in [0.2, 0.25) is 0 Å². The topological polar surface area (TPSA) is 6.48 Å². The van der Waals surface area contributed by atoms with Crippen LogP contribution in [-0.4, -0.2) is 39.6 Å². The van der Waals surface area contributed by atoms with Crippen LogP contribution in [0.25, 0.3) is 0 Å². The molecule has 2 nitrogen and oxygen atoms in total. The van der Waals surface area contributed by atoms with Gasteiger partial charge in [0.05, 0.1) is 5.66 Å². The van der Waals surface area contributed by atoms with E-state index in [1.165, 1.54) is 51.6 Å². The highest BCUT2D eigenvalue weighted by atomic mass is 15.5. The van der Waals surface area contributed by atoms with Crippen LogP contribution in [-0.2, 0) is 0 Å². The van der Waals surface area contributed by atoms with Gasteiger partial charge in [-0.05, 0) is 51.6 Å². The first kappa shape index (κ1) is 19.0. The predicted molar refractivity (Wildman–Crippen MR) is 94.7 cm³/mol. The lowest BCUT2D eigenvalue weighted by atomic mass is 9.69. The highest BCUT2D eigenvalue weighted by Gasteiger charge is 2.66. The monoisotopic (exact) mass is 296 g/mol. The zero-order chi connectivity index (χ0) is 16.3. The van der Waals surface area contributed by atoms with E-state index in [0.29, 0.717) is 11.1 Å². The van der Waals surface area contributed by atoms with Gasteiger partial charge in [-0.3, -0.25) is 9.80 Å². The summed E-state index contributed by atoms with van der Waals surface area (Å²) in [6.07, 6.45) is 7.51. The summed E-state index contributed by atoms with van der Waals surface area (Å²) in [4.78, 5) is 5.80. The van der Waals surface area contributed by atoms with Crippen LogP contribution in [0.5, 0.6) is 0 Å². The van der Waals surface area contributed by atoms with Gasteiger partial charge in [-0.1, -0.05) is 55.4 Å². The van der Waals surface area contributed by atoms with E-state index in [2.05, 4.69) is 65.2 Å². The summed E-state index contributed by atoms with van der Waals surface area (Å²) in [6.45, 7) is 21.5. The van der Waals surface area contributed by atoms with Gasteiger partial charge in [-0.2, -0.15) is 0 Å². The van der Waals surface area contributed by atoms with E-state index in [4.69, 9.17) is 0 Å². The Balaban J connectivity index is 3.67. The second kappa shape index (κ2) is 7.00. The van der Waals surface area contributed by atoms with Crippen LogP contribution < -0.4 is 0 Å². The second-order valence-corrected chi connectivity index (χ2v) is 6.66. The average Bonchev–Trinajstić information content (AvgIpc) is 2.76. The fourth-order valence-electron chi connectivity index (χ4n) is 6.23. The number of nitrogens with zero attached hydrogens (tertiary/aromatic N) is 2. The van der Waals surface area contributed by atoms with Crippen LogP contribution in [0.15, 0.2) is 0 Å². The zero-order valence-electron chi connectivity index (χ0n) is 16.1. The molecule has 0 aromatic carbocycles. The van der Waals surface area contributed by atoms with Gasteiger partial charge in [0.25, 0.3) is 0 Å². The van der Waals surface area contributed by atoms with Gasteiger partial charge in [0, 0.05) is 11.1 Å². The Hall–Kier alpha value is -0.0800. The van der Waals surface area contributed by atoms with Crippen molar-refractivity contribution in [3.63, 3.8) is 0 Å². The molecule has 0 aromatic heterocycles. The highest BCUT2D eigenvalue weighted by Crippen LogP contribution is 2.57. The summed E-state index contributed by atoms with van der Waals surface area (Å²) in [6, 6.07) is 0. The minimum absolute atomic E-state index is 0.252. The van der Waals surface area contributed by atoms with Crippen molar-refractivity contribution in [2.45, 2.75) is 111 Å². The number of likely N-dealkylation sites (N-methyl/N-ethyl adjacent to an activating group) is 2. The Morgan fingerprint density at radius 2 is 0.762 bits per heavy atom. The minimum Gasteiger partial charge on any atom is -0.278 e. The Morgan fingerprint density at radius 3 is 0.905 bits per heavy atom. The molecular formula is C19H40N2. The molecule has 0 atom stereocenters. The molecule has 1 aliphatic heterocycles. The van der Waals surface area contributed by atoms with Crippen molar-refractivity contribution in [1.82, 2.24) is 9.80 Å². The normalized spacial score (nSPS) is 24.6. The maximum atomic E-state index is 2.90. The highest BCUT2D eigenvalue weighted by molar-refractivity contribution is 5.21. The molecule has 0 saturated carbocycles. The Labute approximate surface area is 134 Å². The van der Waals surface area contributed by atoms with Crippen LogP contribution in [0.4, 0.5) is 0 Å². The van der Waals surface area contributed by atoms with Crippen molar-refractivity contribution >= 4 is 0 Å². The lowest BCUT2D eigenvalue weighted by Gasteiger charge is -2.50. The summed E-state index contributed by atoms with van der Waals surface area (Å²) < 4.78 is 0. The Morgan fingerprint density at radius 1 is 0.476 bits per heavy atom. The van der Waals surface area contributed by atoms with Gasteiger partial charge < -0.3 is 0 Å². The second-order valence-electron chi connectivity index (χ2n) is 6.66. The van der Waals surface area contributed by atoms with E-state index in [9.17, 15) is 0 Å². The van der Waals surface area contributed by atoms with Crippen LogP contribution in [0.1, 0.15) is 93.9 Å². The molecular weight excluding hydrogens is 256 g/mol. The summed E-state index contributed by atoms with van der Waals surface area (Å²) in [5.41, 5.74) is 0.905. The third-order valence-electron chi connectivity index (χ3n) is 7.01. The lowest BCUT2D eigenvalue weighted by molar-refractivity contribution is -0.0282. The van der Waals surface area contributed by atoms with Gasteiger partial charge in [0.15, 0.2) is 0 Å². The molecule has 0 amide bonds. The van der Waals surface area contributed by atoms with Crippen LogP contribution in [0, 0.1) is 0 Å². The van der Waals surface area contributed by atoms with Crippen molar-refractivity contribution in [3.05, 3.63) is 0 Å². The van der Waals surface area contributed by atoms with Gasteiger partial charge in [0.2, 0.25) is 0 Å². The summed E-state index contributed by atoms with van der Waals surface area (Å²) in [5.74, 6) is 0. The molecule has 1 saturated heterocycles. The van der Waals surface area contributed by atoms with E-state index in [1.807, 2.05) is 0 Å². The van der Waals surface area contributed by atoms with Crippen molar-refractivity contribution in [2.24, 2.45) is 0 Å². The third-order valence-corrected chi connectivity index (χ3v) is 7.01. The zero-order valence-corrected chi connectivity index (χ0v) is 16.1. The minimum atomic E-state index is 0.252. The van der Waals surface area contributed by atoms with Gasteiger partial charge in [-0.25, -0.2) is 0 Å².